The molecule has 0 saturated carbocycles. The van der Waals surface area contributed by atoms with E-state index in [0.717, 1.165) is 6.42 Å². The zero-order chi connectivity index (χ0) is 25.8. The van der Waals surface area contributed by atoms with E-state index < -0.39 is 12.0 Å². The molecule has 2 aromatic rings. The van der Waals surface area contributed by atoms with Crippen molar-refractivity contribution in [1.82, 2.24) is 20.2 Å². The highest BCUT2D eigenvalue weighted by atomic mass is 16.5. The van der Waals surface area contributed by atoms with Crippen molar-refractivity contribution in [2.24, 2.45) is 5.73 Å². The Kier molecular flexibility index (Phi) is 7.53. The van der Waals surface area contributed by atoms with Gasteiger partial charge in [0, 0.05) is 36.6 Å². The van der Waals surface area contributed by atoms with Crippen molar-refractivity contribution in [2.75, 3.05) is 36.5 Å². The summed E-state index contributed by atoms with van der Waals surface area (Å²) in [5.74, 6) is -0.247. The van der Waals surface area contributed by atoms with Gasteiger partial charge in [-0.3, -0.25) is 9.59 Å². The molecule has 1 unspecified atom stereocenters. The van der Waals surface area contributed by atoms with E-state index in [-0.39, 0.29) is 35.4 Å². The number of benzene rings is 1. The lowest BCUT2D eigenvalue weighted by molar-refractivity contribution is -0.0249. The lowest BCUT2D eigenvalue weighted by Gasteiger charge is -2.38. The number of piperidine rings is 1. The average Bonchev–Trinajstić information content (AvgIpc) is 2.83. The number of aromatic nitrogens is 2. The lowest BCUT2D eigenvalue weighted by atomic mass is 10.1. The molecule has 3 amide bonds. The highest BCUT2D eigenvalue weighted by Gasteiger charge is 2.30. The van der Waals surface area contributed by atoms with Gasteiger partial charge in [0.25, 0.3) is 11.8 Å². The fraction of sp³-hybridized carbons (Fsp3) is 0.458. The third-order valence-electron chi connectivity index (χ3n) is 6.35. The Hall–Kier alpha value is -3.93. The molecule has 1 aromatic heterocycles. The van der Waals surface area contributed by atoms with Crippen molar-refractivity contribution in [2.45, 2.75) is 44.8 Å². The van der Waals surface area contributed by atoms with E-state index in [0.29, 0.717) is 49.9 Å². The topological polar surface area (TPSA) is 163 Å². The molecule has 2 aliphatic rings. The predicted molar refractivity (Wildman–Crippen MR) is 133 cm³/mol. The van der Waals surface area contributed by atoms with Crippen LogP contribution in [0.4, 0.5) is 22.2 Å². The van der Waals surface area contributed by atoms with Crippen molar-refractivity contribution >= 4 is 35.4 Å². The summed E-state index contributed by atoms with van der Waals surface area (Å²) in [4.78, 5) is 48.9. The highest BCUT2D eigenvalue weighted by Crippen LogP contribution is 2.25. The number of hydrogen-bond donors (Lipinski definition) is 4. The number of nitrogens with two attached hydrogens (primary N) is 1. The molecular formula is C24H31N7O5. The number of carbonyl (C=O) groups excluding carboxylic acids is 2. The number of nitrogens with one attached hydrogen (secondary N) is 2. The van der Waals surface area contributed by atoms with Crippen molar-refractivity contribution in [3.8, 4) is 0 Å². The van der Waals surface area contributed by atoms with Gasteiger partial charge in [0.15, 0.2) is 0 Å². The molecule has 0 radical (unpaired) electrons. The minimum atomic E-state index is -1.08. The summed E-state index contributed by atoms with van der Waals surface area (Å²) < 4.78 is 5.53. The maximum Gasteiger partial charge on any atom is 0.404 e. The summed E-state index contributed by atoms with van der Waals surface area (Å²) in [5.41, 5.74) is 6.71. The van der Waals surface area contributed by atoms with E-state index in [1.807, 2.05) is 23.6 Å². The molecule has 36 heavy (non-hydrogen) atoms. The zero-order valence-electron chi connectivity index (χ0n) is 20.3. The summed E-state index contributed by atoms with van der Waals surface area (Å²) in [6.07, 6.45) is 1.75. The first-order valence-corrected chi connectivity index (χ1v) is 11.9. The molecule has 1 aromatic carbocycles. The molecule has 12 heteroatoms. The monoisotopic (exact) mass is 497 g/mol. The SMILES string of the molecule is C[C@@H]1COC[C@H](C)N1C(=O)c1cccc(Nc2nc(N3CCCC(NC(=O)O)C3)ncc2C(N)=O)c1. The molecule has 3 atom stereocenters. The third kappa shape index (κ3) is 5.65. The molecule has 4 rings (SSSR count). The number of amides is 3. The Morgan fingerprint density at radius 1 is 1.19 bits per heavy atom. The van der Waals surface area contributed by atoms with Crippen molar-refractivity contribution in [3.05, 3.63) is 41.6 Å². The Labute approximate surface area is 208 Å². The Morgan fingerprint density at radius 3 is 2.64 bits per heavy atom. The first-order valence-electron chi connectivity index (χ1n) is 11.9. The van der Waals surface area contributed by atoms with Gasteiger partial charge in [-0.25, -0.2) is 9.78 Å². The van der Waals surface area contributed by atoms with Crippen LogP contribution in [0.25, 0.3) is 0 Å². The molecule has 192 valence electrons. The van der Waals surface area contributed by atoms with E-state index in [4.69, 9.17) is 15.6 Å². The fourth-order valence-corrected chi connectivity index (χ4v) is 4.67. The van der Waals surface area contributed by atoms with Crippen LogP contribution in [0, 0.1) is 0 Å². The van der Waals surface area contributed by atoms with Gasteiger partial charge in [-0.2, -0.15) is 4.98 Å². The molecule has 0 aliphatic carbocycles. The summed E-state index contributed by atoms with van der Waals surface area (Å²) in [6.45, 7) is 5.93. The van der Waals surface area contributed by atoms with Crippen molar-refractivity contribution < 1.29 is 24.2 Å². The number of anilines is 3. The van der Waals surface area contributed by atoms with Gasteiger partial charge in [-0.05, 0) is 44.9 Å². The van der Waals surface area contributed by atoms with Gasteiger partial charge in [0.05, 0.1) is 25.3 Å². The van der Waals surface area contributed by atoms with E-state index in [1.165, 1.54) is 6.20 Å². The van der Waals surface area contributed by atoms with E-state index >= 15 is 0 Å². The second kappa shape index (κ2) is 10.8. The number of ether oxygens (including phenoxy) is 1. The maximum absolute atomic E-state index is 13.3. The molecule has 0 bridgehead atoms. The number of rotatable bonds is 6. The quantitative estimate of drug-likeness (QED) is 0.466. The van der Waals surface area contributed by atoms with Crippen LogP contribution in [-0.4, -0.2) is 82.3 Å². The van der Waals surface area contributed by atoms with E-state index in [1.54, 1.807) is 24.3 Å². The van der Waals surface area contributed by atoms with Gasteiger partial charge < -0.3 is 36.0 Å². The highest BCUT2D eigenvalue weighted by molar-refractivity contribution is 5.99. The molecule has 3 heterocycles. The Morgan fingerprint density at radius 2 is 1.94 bits per heavy atom. The van der Waals surface area contributed by atoms with Crippen molar-refractivity contribution in [3.63, 3.8) is 0 Å². The van der Waals surface area contributed by atoms with Gasteiger partial charge >= 0.3 is 6.09 Å². The molecule has 12 nitrogen and oxygen atoms in total. The first-order chi connectivity index (χ1) is 17.2. The first kappa shape index (κ1) is 25.2. The van der Waals surface area contributed by atoms with Gasteiger partial charge in [-0.1, -0.05) is 6.07 Å². The fourth-order valence-electron chi connectivity index (χ4n) is 4.67. The third-order valence-corrected chi connectivity index (χ3v) is 6.35. The summed E-state index contributed by atoms with van der Waals surface area (Å²) in [6, 6.07) is 6.62. The van der Waals surface area contributed by atoms with Crippen molar-refractivity contribution in [1.29, 1.82) is 0 Å². The molecule has 2 fully saturated rings. The van der Waals surface area contributed by atoms with Crippen LogP contribution in [0.5, 0.6) is 0 Å². The second-order valence-electron chi connectivity index (χ2n) is 9.18. The number of nitrogens with zero attached hydrogens (tertiary/aromatic N) is 4. The summed E-state index contributed by atoms with van der Waals surface area (Å²) >= 11 is 0. The minimum Gasteiger partial charge on any atom is -0.465 e. The number of carboxylic acid groups (broad SMARTS) is 1. The molecule has 2 saturated heterocycles. The maximum atomic E-state index is 13.3. The van der Waals surface area contributed by atoms with Crippen LogP contribution in [-0.2, 0) is 4.74 Å². The average molecular weight is 498 g/mol. The van der Waals surface area contributed by atoms with Crippen LogP contribution < -0.4 is 21.3 Å². The lowest BCUT2D eigenvalue weighted by Crippen LogP contribution is -2.52. The second-order valence-corrected chi connectivity index (χ2v) is 9.18. The van der Waals surface area contributed by atoms with Crippen LogP contribution >= 0.6 is 0 Å². The minimum absolute atomic E-state index is 0.0484. The van der Waals surface area contributed by atoms with Gasteiger partial charge in [-0.15, -0.1) is 0 Å². The Bertz CT molecular complexity index is 1130. The number of primary amides is 1. The molecular weight excluding hydrogens is 466 g/mol. The smallest absolute Gasteiger partial charge is 0.404 e. The molecule has 0 spiro atoms. The molecule has 5 N–H and O–H groups in total. The van der Waals surface area contributed by atoms with E-state index in [2.05, 4.69) is 20.6 Å². The normalized spacial score (nSPS) is 22.1. The standard InChI is InChI=1S/C24H31N7O5/c1-14-12-36-13-15(2)31(14)22(33)16-5-3-6-17(9-16)27-21-19(20(25)32)10-26-23(29-21)30-8-4-7-18(11-30)28-24(34)35/h3,5-6,9-10,14-15,18,28H,4,7-8,11-13H2,1-2H3,(H2,25,32)(H,34,35)(H,26,27,29)/t14-,15+,18?. The van der Waals surface area contributed by atoms with Crippen LogP contribution in [0.3, 0.4) is 0 Å². The largest absolute Gasteiger partial charge is 0.465 e. The zero-order valence-corrected chi connectivity index (χ0v) is 20.3. The number of carbonyl (C=O) groups is 3. The van der Waals surface area contributed by atoms with Crippen LogP contribution in [0.1, 0.15) is 47.4 Å². The Balaban J connectivity index is 1.57. The summed E-state index contributed by atoms with van der Waals surface area (Å²) in [5, 5.41) is 14.7. The van der Waals surface area contributed by atoms with Gasteiger partial charge in [0.2, 0.25) is 5.95 Å². The van der Waals surface area contributed by atoms with Gasteiger partial charge in [0.1, 0.15) is 11.4 Å². The number of morpholine rings is 1. The van der Waals surface area contributed by atoms with E-state index in [9.17, 15) is 14.4 Å². The predicted octanol–water partition coefficient (Wildman–Crippen LogP) is 1.80. The summed E-state index contributed by atoms with van der Waals surface area (Å²) in [7, 11) is 0. The van der Waals surface area contributed by atoms with Crippen LogP contribution in [0.2, 0.25) is 0 Å². The number of hydrogen-bond acceptors (Lipinski definition) is 8. The van der Waals surface area contributed by atoms with Crippen LogP contribution in [0.15, 0.2) is 30.5 Å². The molecule has 2 aliphatic heterocycles.